The first kappa shape index (κ1) is 17.9. The first-order valence-electron chi connectivity index (χ1n) is 7.89. The predicted octanol–water partition coefficient (Wildman–Crippen LogP) is 6.22. The van der Waals surface area contributed by atoms with Gasteiger partial charge in [-0.3, -0.25) is 4.79 Å². The van der Waals surface area contributed by atoms with E-state index in [4.69, 9.17) is 16.3 Å². The van der Waals surface area contributed by atoms with Crippen LogP contribution in [0.2, 0.25) is 5.15 Å². The van der Waals surface area contributed by atoms with Crippen molar-refractivity contribution in [3.05, 3.63) is 58.7 Å². The molecule has 1 aromatic heterocycles. The Bertz CT molecular complexity index is 952. The van der Waals surface area contributed by atoms with E-state index in [1.807, 2.05) is 36.4 Å². The molecule has 0 aliphatic carbocycles. The Labute approximate surface area is 160 Å². The Morgan fingerprint density at radius 2 is 1.84 bits per heavy atom. The van der Waals surface area contributed by atoms with Crippen molar-refractivity contribution in [3.8, 4) is 16.9 Å². The smallest absolute Gasteiger partial charge is 0.228 e. The number of rotatable bonds is 4. The minimum Gasteiger partial charge on any atom is -0.497 e. The number of benzene rings is 2. The van der Waals surface area contributed by atoms with Gasteiger partial charge in [-0.25, -0.2) is 4.98 Å². The number of pyridine rings is 1. The maximum atomic E-state index is 11.8. The second-order valence-electron chi connectivity index (χ2n) is 6.08. The lowest BCUT2D eigenvalue weighted by molar-refractivity contribution is 0.109. The molecule has 3 nitrogen and oxygen atoms in total. The van der Waals surface area contributed by atoms with Crippen molar-refractivity contribution in [1.82, 2.24) is 4.98 Å². The molecule has 0 atom stereocenters. The molecule has 0 radical (unpaired) electrons. The molecule has 5 heteroatoms. The Balaban J connectivity index is 2.39. The Hall–Kier alpha value is -1.91. The fraction of sp³-hybridized carbons (Fsp3) is 0.200. The zero-order chi connectivity index (χ0) is 18.1. The van der Waals surface area contributed by atoms with E-state index in [9.17, 15) is 4.79 Å². The molecular formula is C20H17BrClNO2. The number of hydrogen-bond donors (Lipinski definition) is 0. The van der Waals surface area contributed by atoms with Gasteiger partial charge in [0.1, 0.15) is 10.9 Å². The molecule has 0 bridgehead atoms. The summed E-state index contributed by atoms with van der Waals surface area (Å²) in [6.07, 6.45) is 0. The summed E-state index contributed by atoms with van der Waals surface area (Å²) in [6, 6.07) is 13.3. The van der Waals surface area contributed by atoms with Crippen molar-refractivity contribution in [2.75, 3.05) is 7.11 Å². The third kappa shape index (κ3) is 3.42. The molecule has 0 aliphatic rings. The predicted molar refractivity (Wildman–Crippen MR) is 106 cm³/mol. The highest BCUT2D eigenvalue weighted by Gasteiger charge is 2.19. The second kappa shape index (κ2) is 7.14. The number of aromatic nitrogens is 1. The van der Waals surface area contributed by atoms with Gasteiger partial charge in [-0.05, 0) is 63.3 Å². The summed E-state index contributed by atoms with van der Waals surface area (Å²) in [5.41, 5.74) is 4.33. The van der Waals surface area contributed by atoms with Gasteiger partial charge < -0.3 is 4.74 Å². The number of ether oxygens (including phenoxy) is 1. The zero-order valence-corrected chi connectivity index (χ0v) is 16.5. The molecule has 0 spiro atoms. The standard InChI is InChI=1S/C20H17BrClNO2/c1-11(2)17-18(12-4-7-14(25-3)8-5-12)15-10-13(19(21)24)6-9-16(15)23-20(17)22/h4-11H,1-3H3. The summed E-state index contributed by atoms with van der Waals surface area (Å²) in [5.74, 6) is 0.973. The lowest BCUT2D eigenvalue weighted by Gasteiger charge is -2.18. The first-order valence-corrected chi connectivity index (χ1v) is 9.07. The van der Waals surface area contributed by atoms with Crippen LogP contribution >= 0.6 is 27.5 Å². The van der Waals surface area contributed by atoms with Gasteiger partial charge in [0.25, 0.3) is 0 Å². The molecule has 0 saturated carbocycles. The van der Waals surface area contributed by atoms with Gasteiger partial charge in [-0.2, -0.15) is 0 Å². The summed E-state index contributed by atoms with van der Waals surface area (Å²) < 4.78 is 5.10. The van der Waals surface area contributed by atoms with E-state index >= 15 is 0 Å². The number of halogens is 2. The average molecular weight is 419 g/mol. The summed E-state index contributed by atoms with van der Waals surface area (Å²) >= 11 is 9.53. The Morgan fingerprint density at radius 1 is 1.16 bits per heavy atom. The van der Waals surface area contributed by atoms with Crippen molar-refractivity contribution in [1.29, 1.82) is 0 Å². The number of hydrogen-bond acceptors (Lipinski definition) is 3. The molecule has 0 amide bonds. The maximum absolute atomic E-state index is 11.8. The molecule has 128 valence electrons. The van der Waals surface area contributed by atoms with Crippen LogP contribution in [0, 0.1) is 0 Å². The molecule has 1 heterocycles. The third-order valence-corrected chi connectivity index (χ3v) is 4.91. The lowest BCUT2D eigenvalue weighted by Crippen LogP contribution is -2.00. The van der Waals surface area contributed by atoms with Crippen LogP contribution in [0.3, 0.4) is 0 Å². The normalized spacial score (nSPS) is 11.1. The number of nitrogens with zero attached hydrogens (tertiary/aromatic N) is 1. The number of carbonyl (C=O) groups excluding carboxylic acids is 1. The highest BCUT2D eigenvalue weighted by Crippen LogP contribution is 2.39. The topological polar surface area (TPSA) is 39.2 Å². The SMILES string of the molecule is COc1ccc(-c2c(C(C)C)c(Cl)nc3ccc(C(=O)Br)cc23)cc1. The number of carbonyl (C=O) groups is 1. The summed E-state index contributed by atoms with van der Waals surface area (Å²) in [5, 5.41) is 1.40. The first-order chi connectivity index (χ1) is 11.9. The van der Waals surface area contributed by atoms with Crippen molar-refractivity contribution in [3.63, 3.8) is 0 Å². The lowest BCUT2D eigenvalue weighted by atomic mass is 9.90. The van der Waals surface area contributed by atoms with Crippen LogP contribution in [-0.4, -0.2) is 16.8 Å². The summed E-state index contributed by atoms with van der Waals surface area (Å²) in [6.45, 7) is 4.17. The highest BCUT2D eigenvalue weighted by atomic mass is 79.9. The maximum Gasteiger partial charge on any atom is 0.228 e. The van der Waals surface area contributed by atoms with E-state index in [0.717, 1.165) is 33.3 Å². The molecule has 0 fully saturated rings. The van der Waals surface area contributed by atoms with Gasteiger partial charge in [0.05, 0.1) is 12.6 Å². The Morgan fingerprint density at radius 3 is 2.40 bits per heavy atom. The van der Waals surface area contributed by atoms with E-state index in [2.05, 4.69) is 34.8 Å². The van der Waals surface area contributed by atoms with Crippen LogP contribution in [0.5, 0.6) is 5.75 Å². The van der Waals surface area contributed by atoms with E-state index in [1.165, 1.54) is 0 Å². The van der Waals surface area contributed by atoms with Crippen molar-refractivity contribution < 1.29 is 9.53 Å². The number of fused-ring (bicyclic) bond motifs is 1. The third-order valence-electron chi connectivity index (χ3n) is 4.16. The van der Waals surface area contributed by atoms with Crippen LogP contribution in [0.15, 0.2) is 42.5 Å². The minimum atomic E-state index is -0.156. The number of methoxy groups -OCH3 is 1. The van der Waals surface area contributed by atoms with Gasteiger partial charge in [0.2, 0.25) is 4.69 Å². The van der Waals surface area contributed by atoms with Gasteiger partial charge in [-0.15, -0.1) is 0 Å². The van der Waals surface area contributed by atoms with E-state index in [1.54, 1.807) is 13.2 Å². The van der Waals surface area contributed by atoms with Crippen molar-refractivity contribution >= 4 is 43.1 Å². The molecule has 3 aromatic rings. The molecule has 3 rings (SSSR count). The van der Waals surface area contributed by atoms with Crippen LogP contribution < -0.4 is 4.74 Å². The van der Waals surface area contributed by atoms with Crippen LogP contribution in [0.1, 0.15) is 35.7 Å². The van der Waals surface area contributed by atoms with Crippen LogP contribution in [0.25, 0.3) is 22.0 Å². The fourth-order valence-electron chi connectivity index (χ4n) is 2.97. The van der Waals surface area contributed by atoms with Crippen molar-refractivity contribution in [2.24, 2.45) is 0 Å². The molecule has 2 aromatic carbocycles. The molecular weight excluding hydrogens is 402 g/mol. The van der Waals surface area contributed by atoms with E-state index in [0.29, 0.717) is 10.7 Å². The highest BCUT2D eigenvalue weighted by molar-refractivity contribution is 9.18. The van der Waals surface area contributed by atoms with E-state index < -0.39 is 0 Å². The van der Waals surface area contributed by atoms with Gasteiger partial charge in [-0.1, -0.05) is 37.6 Å². The van der Waals surface area contributed by atoms with E-state index in [-0.39, 0.29) is 10.6 Å². The Kier molecular flexibility index (Phi) is 5.11. The molecule has 25 heavy (non-hydrogen) atoms. The minimum absolute atomic E-state index is 0.156. The summed E-state index contributed by atoms with van der Waals surface area (Å²) in [4.78, 5) is 16.3. The quantitative estimate of drug-likeness (QED) is 0.373. The fourth-order valence-corrected chi connectivity index (χ4v) is 3.62. The largest absolute Gasteiger partial charge is 0.497 e. The van der Waals surface area contributed by atoms with Crippen LogP contribution in [-0.2, 0) is 0 Å². The molecule has 0 aliphatic heterocycles. The van der Waals surface area contributed by atoms with Gasteiger partial charge in [0.15, 0.2) is 0 Å². The summed E-state index contributed by atoms with van der Waals surface area (Å²) in [7, 11) is 1.64. The zero-order valence-electron chi connectivity index (χ0n) is 14.1. The van der Waals surface area contributed by atoms with Crippen LogP contribution in [0.4, 0.5) is 0 Å². The van der Waals surface area contributed by atoms with Crippen molar-refractivity contribution in [2.45, 2.75) is 19.8 Å². The molecule has 0 N–H and O–H groups in total. The second-order valence-corrected chi connectivity index (χ2v) is 7.16. The monoisotopic (exact) mass is 417 g/mol. The molecule has 0 saturated heterocycles. The van der Waals surface area contributed by atoms with Gasteiger partial charge >= 0.3 is 0 Å². The average Bonchev–Trinajstić information content (AvgIpc) is 2.59. The molecule has 0 unspecified atom stereocenters. The van der Waals surface area contributed by atoms with Gasteiger partial charge in [0, 0.05) is 16.5 Å².